The maximum Gasteiger partial charge on any atom is 0.232 e. The van der Waals surface area contributed by atoms with Crippen molar-refractivity contribution in [2.75, 3.05) is 26.1 Å². The van der Waals surface area contributed by atoms with E-state index in [0.717, 1.165) is 4.47 Å². The molecular weight excluding hydrogens is 262 g/mol. The smallest absolute Gasteiger partial charge is 0.232 e. The van der Waals surface area contributed by atoms with Gasteiger partial charge in [-0.25, -0.2) is 4.98 Å². The lowest BCUT2D eigenvalue weighted by Gasteiger charge is -2.13. The van der Waals surface area contributed by atoms with Crippen LogP contribution in [0.15, 0.2) is 10.7 Å². The zero-order chi connectivity index (χ0) is 11.3. The average molecular weight is 276 g/mol. The van der Waals surface area contributed by atoms with Gasteiger partial charge in [-0.15, -0.1) is 0 Å². The van der Waals surface area contributed by atoms with Crippen LogP contribution in [0.2, 0.25) is 0 Å². The van der Waals surface area contributed by atoms with E-state index >= 15 is 0 Å². The van der Waals surface area contributed by atoms with Crippen molar-refractivity contribution in [3.8, 4) is 5.88 Å². The Hall–Kier alpha value is -0.880. The van der Waals surface area contributed by atoms with Gasteiger partial charge in [0.15, 0.2) is 0 Å². The molecule has 15 heavy (non-hydrogen) atoms. The molecule has 0 fully saturated rings. The third kappa shape index (κ3) is 3.64. The van der Waals surface area contributed by atoms with Crippen molar-refractivity contribution in [3.05, 3.63) is 10.7 Å². The number of halogens is 1. The zero-order valence-electron chi connectivity index (χ0n) is 8.95. The number of hydrogen-bond donors (Lipinski definition) is 1. The summed E-state index contributed by atoms with van der Waals surface area (Å²) in [7, 11) is 3.22. The average Bonchev–Trinajstić information content (AvgIpc) is 2.21. The van der Waals surface area contributed by atoms with Crippen LogP contribution in [0.4, 0.5) is 5.95 Å². The highest BCUT2D eigenvalue weighted by atomic mass is 79.9. The molecule has 84 valence electrons. The largest absolute Gasteiger partial charge is 0.480 e. The summed E-state index contributed by atoms with van der Waals surface area (Å²) in [6, 6.07) is 0.154. The van der Waals surface area contributed by atoms with Crippen LogP contribution in [0.25, 0.3) is 0 Å². The second-order valence-corrected chi connectivity index (χ2v) is 3.91. The molecule has 1 aromatic heterocycles. The number of methoxy groups -OCH3 is 2. The lowest BCUT2D eigenvalue weighted by Crippen LogP contribution is -2.22. The Kier molecular flexibility index (Phi) is 4.77. The van der Waals surface area contributed by atoms with Crippen molar-refractivity contribution < 1.29 is 9.47 Å². The molecule has 0 bridgehead atoms. The third-order valence-electron chi connectivity index (χ3n) is 1.70. The summed E-state index contributed by atoms with van der Waals surface area (Å²) in [5.74, 6) is 1.04. The molecule has 1 unspecified atom stereocenters. The maximum absolute atomic E-state index is 5.06. The van der Waals surface area contributed by atoms with Crippen LogP contribution in [-0.2, 0) is 4.74 Å². The van der Waals surface area contributed by atoms with Crippen molar-refractivity contribution in [1.29, 1.82) is 0 Å². The van der Waals surface area contributed by atoms with Crippen LogP contribution in [0, 0.1) is 0 Å². The van der Waals surface area contributed by atoms with Crippen molar-refractivity contribution in [1.82, 2.24) is 9.97 Å². The van der Waals surface area contributed by atoms with Gasteiger partial charge in [-0.1, -0.05) is 0 Å². The van der Waals surface area contributed by atoms with Crippen molar-refractivity contribution >= 4 is 21.9 Å². The van der Waals surface area contributed by atoms with E-state index in [2.05, 4.69) is 31.2 Å². The van der Waals surface area contributed by atoms with E-state index < -0.39 is 0 Å². The highest BCUT2D eigenvalue weighted by Gasteiger charge is 2.07. The highest BCUT2D eigenvalue weighted by Crippen LogP contribution is 2.21. The predicted molar refractivity (Wildman–Crippen MR) is 61.2 cm³/mol. The lowest BCUT2D eigenvalue weighted by atomic mass is 10.4. The molecule has 0 saturated heterocycles. The van der Waals surface area contributed by atoms with Gasteiger partial charge in [0.1, 0.15) is 0 Å². The Morgan fingerprint density at radius 1 is 1.53 bits per heavy atom. The van der Waals surface area contributed by atoms with Crippen molar-refractivity contribution in [2.45, 2.75) is 13.0 Å². The second kappa shape index (κ2) is 5.87. The molecule has 0 aliphatic rings. The number of anilines is 1. The molecule has 1 heterocycles. The first-order valence-corrected chi connectivity index (χ1v) is 5.28. The molecule has 1 atom stereocenters. The Morgan fingerprint density at radius 3 is 2.87 bits per heavy atom. The SMILES string of the molecule is COCC(C)Nc1ncc(Br)c(OC)n1. The molecule has 0 spiro atoms. The zero-order valence-corrected chi connectivity index (χ0v) is 10.5. The van der Waals surface area contributed by atoms with Gasteiger partial charge in [0.25, 0.3) is 0 Å². The molecule has 0 radical (unpaired) electrons. The number of aromatic nitrogens is 2. The minimum Gasteiger partial charge on any atom is -0.480 e. The Balaban J connectivity index is 2.69. The van der Waals surface area contributed by atoms with Gasteiger partial charge in [0.05, 0.1) is 24.4 Å². The normalized spacial score (nSPS) is 12.3. The van der Waals surface area contributed by atoms with Gasteiger partial charge >= 0.3 is 0 Å². The van der Waals surface area contributed by atoms with Gasteiger partial charge < -0.3 is 14.8 Å². The van der Waals surface area contributed by atoms with E-state index in [1.54, 1.807) is 20.4 Å². The highest BCUT2D eigenvalue weighted by molar-refractivity contribution is 9.10. The fourth-order valence-corrected chi connectivity index (χ4v) is 1.43. The molecule has 0 amide bonds. The standard InChI is InChI=1S/C9H14BrN3O2/c1-6(5-14-2)12-9-11-4-7(10)8(13-9)15-3/h4,6H,5H2,1-3H3,(H,11,12,13). The van der Waals surface area contributed by atoms with Gasteiger partial charge in [-0.3, -0.25) is 0 Å². The Labute approximate surface area is 97.3 Å². The molecule has 1 N–H and O–H groups in total. The fourth-order valence-electron chi connectivity index (χ4n) is 1.08. The van der Waals surface area contributed by atoms with Gasteiger partial charge in [-0.2, -0.15) is 4.98 Å². The summed E-state index contributed by atoms with van der Waals surface area (Å²) in [6.07, 6.45) is 1.65. The molecule has 0 aromatic carbocycles. The number of nitrogens with zero attached hydrogens (tertiary/aromatic N) is 2. The van der Waals surface area contributed by atoms with Crippen LogP contribution in [0.1, 0.15) is 6.92 Å². The van der Waals surface area contributed by atoms with Crippen LogP contribution in [0.3, 0.4) is 0 Å². The third-order valence-corrected chi connectivity index (χ3v) is 2.24. The lowest BCUT2D eigenvalue weighted by molar-refractivity contribution is 0.190. The monoisotopic (exact) mass is 275 g/mol. The summed E-state index contributed by atoms with van der Waals surface area (Å²) in [5, 5.41) is 3.10. The summed E-state index contributed by atoms with van der Waals surface area (Å²) < 4.78 is 10.8. The molecule has 1 rings (SSSR count). The van der Waals surface area contributed by atoms with Gasteiger partial charge in [-0.05, 0) is 22.9 Å². The number of rotatable bonds is 5. The van der Waals surface area contributed by atoms with E-state index in [1.807, 2.05) is 6.92 Å². The summed E-state index contributed by atoms with van der Waals surface area (Å²) >= 11 is 3.29. The fraction of sp³-hybridized carbons (Fsp3) is 0.556. The second-order valence-electron chi connectivity index (χ2n) is 3.05. The molecule has 0 aliphatic carbocycles. The molecule has 1 aromatic rings. The minimum absolute atomic E-state index is 0.154. The quantitative estimate of drug-likeness (QED) is 0.887. The molecule has 6 heteroatoms. The van der Waals surface area contributed by atoms with Crippen molar-refractivity contribution in [2.24, 2.45) is 0 Å². The summed E-state index contributed by atoms with van der Waals surface area (Å²) in [5.41, 5.74) is 0. The van der Waals surface area contributed by atoms with E-state index in [9.17, 15) is 0 Å². The minimum atomic E-state index is 0.154. The molecule has 5 nitrogen and oxygen atoms in total. The summed E-state index contributed by atoms with van der Waals surface area (Å²) in [6.45, 7) is 2.59. The van der Waals surface area contributed by atoms with E-state index in [4.69, 9.17) is 9.47 Å². The Bertz CT molecular complexity index is 322. The van der Waals surface area contributed by atoms with Crippen LogP contribution in [-0.4, -0.2) is 36.8 Å². The number of ether oxygens (including phenoxy) is 2. The molecular formula is C9H14BrN3O2. The molecule has 0 saturated carbocycles. The van der Waals surface area contributed by atoms with Gasteiger partial charge in [0, 0.05) is 13.2 Å². The first kappa shape index (κ1) is 12.2. The van der Waals surface area contributed by atoms with E-state index in [1.165, 1.54) is 0 Å². The predicted octanol–water partition coefficient (Wildman–Crippen LogP) is 1.69. The first-order valence-electron chi connectivity index (χ1n) is 4.49. The van der Waals surface area contributed by atoms with Crippen LogP contribution >= 0.6 is 15.9 Å². The topological polar surface area (TPSA) is 56.3 Å². The molecule has 0 aliphatic heterocycles. The summed E-state index contributed by atoms with van der Waals surface area (Å²) in [4.78, 5) is 8.27. The van der Waals surface area contributed by atoms with Crippen LogP contribution < -0.4 is 10.1 Å². The van der Waals surface area contributed by atoms with E-state index in [0.29, 0.717) is 18.4 Å². The van der Waals surface area contributed by atoms with Crippen LogP contribution in [0.5, 0.6) is 5.88 Å². The van der Waals surface area contributed by atoms with Crippen molar-refractivity contribution in [3.63, 3.8) is 0 Å². The van der Waals surface area contributed by atoms with Gasteiger partial charge in [0.2, 0.25) is 11.8 Å². The van der Waals surface area contributed by atoms with E-state index in [-0.39, 0.29) is 6.04 Å². The maximum atomic E-state index is 5.06. The Morgan fingerprint density at radius 2 is 2.27 bits per heavy atom. The number of nitrogens with one attached hydrogen (secondary N) is 1. The first-order chi connectivity index (χ1) is 7.17. The number of hydrogen-bond acceptors (Lipinski definition) is 5.